The summed E-state index contributed by atoms with van der Waals surface area (Å²) in [6, 6.07) is -0.0180. The average Bonchev–Trinajstić information content (AvgIpc) is 3.16. The second-order valence-corrected chi connectivity index (χ2v) is 6.78. The van der Waals surface area contributed by atoms with Crippen molar-refractivity contribution in [1.29, 1.82) is 0 Å². The van der Waals surface area contributed by atoms with Gasteiger partial charge in [-0.25, -0.2) is 0 Å². The monoisotopic (exact) mass is 268 g/mol. The van der Waals surface area contributed by atoms with Crippen LogP contribution in [0.1, 0.15) is 32.1 Å². The van der Waals surface area contributed by atoms with Crippen molar-refractivity contribution in [3.8, 4) is 0 Å². The SMILES string of the molecule is O=C1CC(NCC2CCSCC2)C(=O)N1C1CC1. The first-order valence-corrected chi connectivity index (χ1v) is 8.08. The van der Waals surface area contributed by atoms with Crippen LogP contribution in [0.4, 0.5) is 0 Å². The van der Waals surface area contributed by atoms with Crippen molar-refractivity contribution in [3.05, 3.63) is 0 Å². The minimum Gasteiger partial charge on any atom is -0.305 e. The van der Waals surface area contributed by atoms with Crippen LogP contribution in [-0.4, -0.2) is 46.8 Å². The molecule has 1 atom stereocenters. The number of nitrogens with zero attached hydrogens (tertiary/aromatic N) is 1. The molecule has 1 saturated carbocycles. The first-order chi connectivity index (χ1) is 8.75. The van der Waals surface area contributed by atoms with Gasteiger partial charge in [0.15, 0.2) is 0 Å². The Morgan fingerprint density at radius 3 is 2.56 bits per heavy atom. The van der Waals surface area contributed by atoms with E-state index < -0.39 is 0 Å². The molecule has 5 heteroatoms. The van der Waals surface area contributed by atoms with Crippen LogP contribution in [0.2, 0.25) is 0 Å². The largest absolute Gasteiger partial charge is 0.305 e. The van der Waals surface area contributed by atoms with Crippen LogP contribution in [0.25, 0.3) is 0 Å². The van der Waals surface area contributed by atoms with Gasteiger partial charge in [-0.3, -0.25) is 14.5 Å². The number of hydrogen-bond acceptors (Lipinski definition) is 4. The smallest absolute Gasteiger partial charge is 0.247 e. The van der Waals surface area contributed by atoms with Gasteiger partial charge < -0.3 is 5.32 Å². The van der Waals surface area contributed by atoms with E-state index in [1.54, 1.807) is 0 Å². The Labute approximate surface area is 112 Å². The molecule has 0 aromatic rings. The summed E-state index contributed by atoms with van der Waals surface area (Å²) < 4.78 is 0. The Morgan fingerprint density at radius 1 is 1.17 bits per heavy atom. The van der Waals surface area contributed by atoms with Gasteiger partial charge in [0.05, 0.1) is 12.5 Å². The highest BCUT2D eigenvalue weighted by molar-refractivity contribution is 7.99. The minimum absolute atomic E-state index is 0.0210. The fourth-order valence-corrected chi connectivity index (χ4v) is 3.99. The van der Waals surface area contributed by atoms with Crippen LogP contribution in [-0.2, 0) is 9.59 Å². The molecular weight excluding hydrogens is 248 g/mol. The molecule has 2 amide bonds. The Bertz CT molecular complexity index is 351. The highest BCUT2D eigenvalue weighted by Crippen LogP contribution is 2.31. The average molecular weight is 268 g/mol. The maximum atomic E-state index is 12.1. The van der Waals surface area contributed by atoms with Gasteiger partial charge in [0.25, 0.3) is 0 Å². The molecule has 3 rings (SSSR count). The van der Waals surface area contributed by atoms with Crippen molar-refractivity contribution in [2.45, 2.75) is 44.2 Å². The van der Waals surface area contributed by atoms with Gasteiger partial charge in [-0.1, -0.05) is 0 Å². The summed E-state index contributed by atoms with van der Waals surface area (Å²) in [5, 5.41) is 3.32. The first-order valence-electron chi connectivity index (χ1n) is 6.92. The number of nitrogens with one attached hydrogen (secondary N) is 1. The summed E-state index contributed by atoms with van der Waals surface area (Å²) in [6.07, 6.45) is 4.85. The third-order valence-corrected chi connectivity index (χ3v) is 5.14. The van der Waals surface area contributed by atoms with E-state index in [1.807, 2.05) is 11.8 Å². The van der Waals surface area contributed by atoms with E-state index in [1.165, 1.54) is 29.2 Å². The first kappa shape index (κ1) is 12.5. The zero-order valence-corrected chi connectivity index (χ0v) is 11.4. The predicted molar refractivity (Wildman–Crippen MR) is 71.3 cm³/mol. The quantitative estimate of drug-likeness (QED) is 0.773. The number of hydrogen-bond donors (Lipinski definition) is 1. The summed E-state index contributed by atoms with van der Waals surface area (Å²) in [4.78, 5) is 25.4. The summed E-state index contributed by atoms with van der Waals surface area (Å²) in [5.41, 5.74) is 0. The molecule has 1 aliphatic carbocycles. The summed E-state index contributed by atoms with van der Waals surface area (Å²) in [5.74, 6) is 3.20. The maximum absolute atomic E-state index is 12.1. The molecule has 0 aromatic carbocycles. The normalized spacial score (nSPS) is 30.2. The second kappa shape index (κ2) is 5.21. The molecule has 3 fully saturated rings. The van der Waals surface area contributed by atoms with Crippen LogP contribution >= 0.6 is 11.8 Å². The van der Waals surface area contributed by atoms with Gasteiger partial charge in [-0.15, -0.1) is 0 Å². The standard InChI is InChI=1S/C13H20N2O2S/c16-12-7-11(13(17)15(12)10-1-2-10)14-8-9-3-5-18-6-4-9/h9-11,14H,1-8H2. The molecule has 1 unspecified atom stereocenters. The van der Waals surface area contributed by atoms with Gasteiger partial charge >= 0.3 is 0 Å². The molecule has 2 heterocycles. The summed E-state index contributed by atoms with van der Waals surface area (Å²) in [6.45, 7) is 0.892. The van der Waals surface area contributed by atoms with Crippen molar-refractivity contribution in [1.82, 2.24) is 10.2 Å². The van der Waals surface area contributed by atoms with E-state index in [0.29, 0.717) is 12.3 Å². The van der Waals surface area contributed by atoms with Crippen molar-refractivity contribution in [2.24, 2.45) is 5.92 Å². The van der Waals surface area contributed by atoms with E-state index in [2.05, 4.69) is 5.32 Å². The van der Waals surface area contributed by atoms with Gasteiger partial charge in [-0.05, 0) is 49.7 Å². The molecule has 18 heavy (non-hydrogen) atoms. The highest BCUT2D eigenvalue weighted by atomic mass is 32.2. The number of carbonyl (C=O) groups is 2. The summed E-state index contributed by atoms with van der Waals surface area (Å²) >= 11 is 2.01. The molecule has 0 aromatic heterocycles. The summed E-state index contributed by atoms with van der Waals surface area (Å²) in [7, 11) is 0. The molecule has 0 radical (unpaired) electrons. The second-order valence-electron chi connectivity index (χ2n) is 5.55. The van der Waals surface area contributed by atoms with Crippen molar-refractivity contribution in [2.75, 3.05) is 18.1 Å². The van der Waals surface area contributed by atoms with Crippen LogP contribution in [0.5, 0.6) is 0 Å². The topological polar surface area (TPSA) is 49.4 Å². The fraction of sp³-hybridized carbons (Fsp3) is 0.846. The Hall–Kier alpha value is -0.550. The molecule has 0 spiro atoms. The zero-order valence-electron chi connectivity index (χ0n) is 10.6. The Morgan fingerprint density at radius 2 is 1.89 bits per heavy atom. The number of imide groups is 1. The molecule has 2 aliphatic heterocycles. The van der Waals surface area contributed by atoms with E-state index in [-0.39, 0.29) is 23.9 Å². The lowest BCUT2D eigenvalue weighted by molar-refractivity contribution is -0.139. The molecule has 1 N–H and O–H groups in total. The van der Waals surface area contributed by atoms with Crippen molar-refractivity contribution in [3.63, 3.8) is 0 Å². The predicted octanol–water partition coefficient (Wildman–Crippen LogP) is 1.01. The molecule has 2 saturated heterocycles. The lowest BCUT2D eigenvalue weighted by Crippen LogP contribution is -2.41. The van der Waals surface area contributed by atoms with Crippen molar-refractivity contribution >= 4 is 23.6 Å². The van der Waals surface area contributed by atoms with Crippen molar-refractivity contribution < 1.29 is 9.59 Å². The number of carbonyl (C=O) groups excluding carboxylic acids is 2. The zero-order chi connectivity index (χ0) is 12.5. The van der Waals surface area contributed by atoms with E-state index in [4.69, 9.17) is 0 Å². The lowest BCUT2D eigenvalue weighted by atomic mass is 10.0. The Kier molecular flexibility index (Phi) is 3.61. The molecule has 0 bridgehead atoms. The molecular formula is C13H20N2O2S. The molecule has 3 aliphatic rings. The number of likely N-dealkylation sites (tertiary alicyclic amines) is 1. The Balaban J connectivity index is 1.50. The molecule has 4 nitrogen and oxygen atoms in total. The van der Waals surface area contributed by atoms with Gasteiger partial charge in [0.2, 0.25) is 11.8 Å². The number of rotatable bonds is 4. The van der Waals surface area contributed by atoms with Crippen LogP contribution in [0.15, 0.2) is 0 Å². The van der Waals surface area contributed by atoms with E-state index >= 15 is 0 Å². The molecule has 100 valence electrons. The number of amides is 2. The van der Waals surface area contributed by atoms with Gasteiger partial charge in [0, 0.05) is 6.04 Å². The van der Waals surface area contributed by atoms with Crippen LogP contribution in [0, 0.1) is 5.92 Å². The third-order valence-electron chi connectivity index (χ3n) is 4.09. The fourth-order valence-electron chi connectivity index (χ4n) is 2.79. The lowest BCUT2D eigenvalue weighted by Gasteiger charge is -2.23. The minimum atomic E-state index is -0.243. The highest BCUT2D eigenvalue weighted by Gasteiger charge is 2.45. The van der Waals surface area contributed by atoms with E-state index in [0.717, 1.165) is 19.4 Å². The van der Waals surface area contributed by atoms with Gasteiger partial charge in [0.1, 0.15) is 0 Å². The third kappa shape index (κ3) is 2.57. The van der Waals surface area contributed by atoms with Crippen LogP contribution in [0.3, 0.4) is 0 Å². The maximum Gasteiger partial charge on any atom is 0.247 e. The van der Waals surface area contributed by atoms with Gasteiger partial charge in [-0.2, -0.15) is 11.8 Å². The van der Waals surface area contributed by atoms with E-state index in [9.17, 15) is 9.59 Å². The van der Waals surface area contributed by atoms with Crippen LogP contribution < -0.4 is 5.32 Å². The number of thioether (sulfide) groups is 1.